The van der Waals surface area contributed by atoms with Crippen molar-refractivity contribution in [2.75, 3.05) is 0 Å². The minimum Gasteiger partial charge on any atom is -0.261 e. The average Bonchev–Trinajstić information content (AvgIpc) is 2.92. The van der Waals surface area contributed by atoms with Crippen molar-refractivity contribution in [1.82, 2.24) is 0 Å². The second-order valence-electron chi connectivity index (χ2n) is 9.33. The molecule has 1 aliphatic heterocycles. The summed E-state index contributed by atoms with van der Waals surface area (Å²) in [4.78, 5) is 4.79. The number of rotatable bonds is 2. The molecule has 0 saturated heterocycles. The average molecular weight is 436 g/mol. The van der Waals surface area contributed by atoms with Crippen LogP contribution in [0.4, 0.5) is 0 Å². The lowest BCUT2D eigenvalue weighted by molar-refractivity contribution is 0.992. The van der Waals surface area contributed by atoms with Gasteiger partial charge in [-0.15, -0.1) is 0 Å². The number of benzene rings is 5. The van der Waals surface area contributed by atoms with Gasteiger partial charge in [-0.1, -0.05) is 85.0 Å². The molecule has 0 saturated carbocycles. The molecule has 0 atom stereocenters. The Balaban J connectivity index is 1.62. The van der Waals surface area contributed by atoms with Crippen molar-refractivity contribution in [2.45, 2.75) is 25.7 Å². The lowest BCUT2D eigenvalue weighted by Crippen LogP contribution is -2.01. The van der Waals surface area contributed by atoms with E-state index in [1.54, 1.807) is 0 Å². The number of hydrogen-bond acceptors (Lipinski definition) is 1. The van der Waals surface area contributed by atoms with E-state index in [9.17, 15) is 0 Å². The van der Waals surface area contributed by atoms with Crippen LogP contribution in [-0.4, -0.2) is 6.21 Å². The summed E-state index contributed by atoms with van der Waals surface area (Å²) >= 11 is 0. The van der Waals surface area contributed by atoms with Crippen molar-refractivity contribution >= 4 is 50.3 Å². The Morgan fingerprint density at radius 1 is 0.618 bits per heavy atom. The summed E-state index contributed by atoms with van der Waals surface area (Å²) in [6, 6.07) is 29.1. The Morgan fingerprint density at radius 3 is 2.29 bits per heavy atom. The molecule has 7 rings (SSSR count). The van der Waals surface area contributed by atoms with E-state index < -0.39 is 0 Å². The van der Waals surface area contributed by atoms with Gasteiger partial charge in [0.15, 0.2) is 0 Å². The highest BCUT2D eigenvalue weighted by Crippen LogP contribution is 2.43. The molecule has 1 aliphatic carbocycles. The number of fused-ring (bicyclic) bond motifs is 6. The lowest BCUT2D eigenvalue weighted by Gasteiger charge is -2.22. The van der Waals surface area contributed by atoms with E-state index in [4.69, 9.17) is 4.99 Å². The molecule has 0 bridgehead atoms. The van der Waals surface area contributed by atoms with Gasteiger partial charge in [0.25, 0.3) is 0 Å². The van der Waals surface area contributed by atoms with Crippen LogP contribution in [0.25, 0.3) is 55.2 Å². The summed E-state index contributed by atoms with van der Waals surface area (Å²) in [6.45, 7) is 0. The maximum Gasteiger partial charge on any atom is 0.0664 e. The second-order valence-corrected chi connectivity index (χ2v) is 9.33. The summed E-state index contributed by atoms with van der Waals surface area (Å²) in [5, 5.41) is 7.89. The molecule has 0 spiro atoms. The summed E-state index contributed by atoms with van der Waals surface area (Å²) < 4.78 is 0. The molecule has 0 fully saturated rings. The Labute approximate surface area is 199 Å². The standard InChI is InChI=1S/C33H25N/c1-2-12-24-22(10-1)11-9-17-25(24)30-20-23-21-31(32-18-7-8-19-34-32)27-14-4-6-16-29(27)33(23)28-15-5-3-13-26(28)30/h1-2,4-6,9-12,14-21H,3,7-8,13H2. The van der Waals surface area contributed by atoms with Crippen LogP contribution in [-0.2, 0) is 6.42 Å². The van der Waals surface area contributed by atoms with Gasteiger partial charge in [0, 0.05) is 11.8 Å². The van der Waals surface area contributed by atoms with Gasteiger partial charge in [-0.25, -0.2) is 0 Å². The van der Waals surface area contributed by atoms with Gasteiger partial charge in [-0.2, -0.15) is 0 Å². The van der Waals surface area contributed by atoms with Crippen LogP contribution in [0.2, 0.25) is 0 Å². The normalized spacial score (nSPS) is 15.1. The van der Waals surface area contributed by atoms with E-state index in [0.29, 0.717) is 0 Å². The molecular weight excluding hydrogens is 410 g/mol. The molecule has 1 nitrogen and oxygen atoms in total. The second kappa shape index (κ2) is 7.81. The van der Waals surface area contributed by atoms with Crippen LogP contribution in [0.15, 0.2) is 96.0 Å². The van der Waals surface area contributed by atoms with Gasteiger partial charge in [0.05, 0.1) is 5.70 Å². The van der Waals surface area contributed by atoms with Gasteiger partial charge in [-0.05, 0) is 92.4 Å². The van der Waals surface area contributed by atoms with Crippen LogP contribution in [0.1, 0.15) is 36.0 Å². The molecule has 2 aliphatic rings. The summed E-state index contributed by atoms with van der Waals surface area (Å²) in [6.07, 6.45) is 13.3. The molecule has 0 unspecified atom stereocenters. The third kappa shape index (κ3) is 2.97. The molecule has 0 amide bonds. The number of hydrogen-bond donors (Lipinski definition) is 0. The van der Waals surface area contributed by atoms with E-state index in [-0.39, 0.29) is 0 Å². The molecule has 0 N–H and O–H groups in total. The first kappa shape index (κ1) is 19.5. The van der Waals surface area contributed by atoms with Crippen molar-refractivity contribution < 1.29 is 0 Å². The van der Waals surface area contributed by atoms with Gasteiger partial charge in [-0.3, -0.25) is 4.99 Å². The van der Waals surface area contributed by atoms with Crippen LogP contribution >= 0.6 is 0 Å². The van der Waals surface area contributed by atoms with Crippen molar-refractivity contribution in [2.24, 2.45) is 4.99 Å². The minimum absolute atomic E-state index is 1.03. The topological polar surface area (TPSA) is 12.4 Å². The zero-order valence-electron chi connectivity index (χ0n) is 19.1. The largest absolute Gasteiger partial charge is 0.261 e. The van der Waals surface area contributed by atoms with Gasteiger partial charge in [0.1, 0.15) is 0 Å². The van der Waals surface area contributed by atoms with Gasteiger partial charge < -0.3 is 0 Å². The fourth-order valence-electron chi connectivity index (χ4n) is 5.83. The van der Waals surface area contributed by atoms with Crippen LogP contribution in [0.5, 0.6) is 0 Å². The number of aliphatic imine (C=N–C) groups is 1. The fraction of sp³-hybridized carbons (Fsp3) is 0.121. The number of nitrogens with zero attached hydrogens (tertiary/aromatic N) is 1. The zero-order valence-corrected chi connectivity index (χ0v) is 19.1. The van der Waals surface area contributed by atoms with Crippen molar-refractivity contribution in [1.29, 1.82) is 0 Å². The van der Waals surface area contributed by atoms with Crippen LogP contribution < -0.4 is 0 Å². The van der Waals surface area contributed by atoms with Crippen LogP contribution in [0, 0.1) is 0 Å². The third-order valence-corrected chi connectivity index (χ3v) is 7.36. The van der Waals surface area contributed by atoms with E-state index in [2.05, 4.69) is 103 Å². The SMILES string of the molecule is C1=Cc2c(c(-c3cccc4ccccc34)cc3cc(C4=CCCC=N4)c4ccccc4c23)CC1. The molecule has 162 valence electrons. The molecule has 1 heteroatoms. The first-order chi connectivity index (χ1) is 16.9. The molecule has 1 heterocycles. The highest BCUT2D eigenvalue weighted by Gasteiger charge is 2.20. The predicted octanol–water partition coefficient (Wildman–Crippen LogP) is 8.98. The Bertz CT molecular complexity index is 1690. The van der Waals surface area contributed by atoms with E-state index in [1.165, 1.54) is 60.1 Å². The highest BCUT2D eigenvalue weighted by molar-refractivity contribution is 6.17. The van der Waals surface area contributed by atoms with Crippen LogP contribution in [0.3, 0.4) is 0 Å². The van der Waals surface area contributed by atoms with Crippen molar-refractivity contribution in [3.63, 3.8) is 0 Å². The van der Waals surface area contributed by atoms with E-state index >= 15 is 0 Å². The van der Waals surface area contributed by atoms with Gasteiger partial charge >= 0.3 is 0 Å². The first-order valence-corrected chi connectivity index (χ1v) is 12.3. The predicted molar refractivity (Wildman–Crippen MR) is 147 cm³/mol. The third-order valence-electron chi connectivity index (χ3n) is 7.36. The molecular formula is C33H25N. The zero-order chi connectivity index (χ0) is 22.5. The maximum atomic E-state index is 4.79. The minimum atomic E-state index is 1.03. The van der Waals surface area contributed by atoms with Gasteiger partial charge in [0.2, 0.25) is 0 Å². The monoisotopic (exact) mass is 435 g/mol. The molecule has 0 radical (unpaired) electrons. The Kier molecular flexibility index (Phi) is 4.48. The molecule has 5 aromatic rings. The van der Waals surface area contributed by atoms with E-state index in [1.807, 2.05) is 0 Å². The summed E-state index contributed by atoms with van der Waals surface area (Å²) in [7, 11) is 0. The van der Waals surface area contributed by atoms with Crippen molar-refractivity contribution in [3.05, 3.63) is 108 Å². The molecule has 5 aromatic carbocycles. The first-order valence-electron chi connectivity index (χ1n) is 12.3. The quantitative estimate of drug-likeness (QED) is 0.245. The van der Waals surface area contributed by atoms with Crippen molar-refractivity contribution in [3.8, 4) is 11.1 Å². The molecule has 34 heavy (non-hydrogen) atoms. The fourth-order valence-corrected chi connectivity index (χ4v) is 5.83. The maximum absolute atomic E-state index is 4.79. The lowest BCUT2D eigenvalue weighted by atomic mass is 9.82. The number of allylic oxidation sites excluding steroid dienone is 2. The Hall–Kier alpha value is -3.97. The summed E-state index contributed by atoms with van der Waals surface area (Å²) in [5.41, 5.74) is 7.89. The highest BCUT2D eigenvalue weighted by atomic mass is 14.7. The Morgan fingerprint density at radius 2 is 1.41 bits per heavy atom. The smallest absolute Gasteiger partial charge is 0.0664 e. The summed E-state index contributed by atoms with van der Waals surface area (Å²) in [5.74, 6) is 0. The molecule has 0 aromatic heterocycles. The van der Waals surface area contributed by atoms with E-state index in [0.717, 1.165) is 31.4 Å².